The lowest BCUT2D eigenvalue weighted by molar-refractivity contribution is -0.274. The van der Waals surface area contributed by atoms with E-state index in [9.17, 15) is 18.3 Å². The summed E-state index contributed by atoms with van der Waals surface area (Å²) in [6, 6.07) is 2.83. The minimum absolute atomic E-state index is 0. The van der Waals surface area contributed by atoms with Crippen molar-refractivity contribution in [2.24, 2.45) is 11.7 Å². The summed E-state index contributed by atoms with van der Waals surface area (Å²) in [4.78, 5) is 0. The van der Waals surface area contributed by atoms with Crippen LogP contribution in [0.5, 0.6) is 11.5 Å². The molecule has 2 atom stereocenters. The molecule has 0 aromatic heterocycles. The van der Waals surface area contributed by atoms with E-state index in [2.05, 4.69) is 4.74 Å². The van der Waals surface area contributed by atoms with Crippen LogP contribution in [0.3, 0.4) is 0 Å². The van der Waals surface area contributed by atoms with E-state index in [1.54, 1.807) is 0 Å². The molecule has 0 radical (unpaired) electrons. The third-order valence-corrected chi connectivity index (χ3v) is 3.27. The van der Waals surface area contributed by atoms with E-state index >= 15 is 0 Å². The van der Waals surface area contributed by atoms with Crippen molar-refractivity contribution in [2.45, 2.75) is 31.3 Å². The number of methoxy groups -OCH3 is 1. The zero-order chi connectivity index (χ0) is 14.9. The Kier molecular flexibility index (Phi) is 5.72. The van der Waals surface area contributed by atoms with E-state index in [-0.39, 0.29) is 24.1 Å². The van der Waals surface area contributed by atoms with Gasteiger partial charge in [0, 0.05) is 5.56 Å². The number of hydrogen-bond donors (Lipinski definition) is 2. The fourth-order valence-corrected chi connectivity index (χ4v) is 2.08. The van der Waals surface area contributed by atoms with E-state index in [1.807, 2.05) is 0 Å². The monoisotopic (exact) mass is 327 g/mol. The minimum Gasteiger partial charge on any atom is -0.496 e. The number of aliphatic hydroxyl groups is 1. The highest BCUT2D eigenvalue weighted by Crippen LogP contribution is 2.40. The van der Waals surface area contributed by atoms with Crippen LogP contribution in [0, 0.1) is 5.92 Å². The molecule has 0 bridgehead atoms. The normalized spacial score (nSPS) is 17.6. The van der Waals surface area contributed by atoms with Crippen LogP contribution in [0.25, 0.3) is 0 Å². The standard InChI is InChI=1S/C13H16F3NO3.ClH/c1-19-10-5-4-8(20-13(14,15)16)6-9(10)11(17)12(18)7-2-3-7;/h4-7,11-12,18H,2-3,17H2,1H3;1H/t11-,12+;/m0./s1. The Morgan fingerprint density at radius 3 is 2.43 bits per heavy atom. The Balaban J connectivity index is 0.00000220. The van der Waals surface area contributed by atoms with E-state index in [0.29, 0.717) is 11.3 Å². The van der Waals surface area contributed by atoms with Gasteiger partial charge in [-0.05, 0) is 37.0 Å². The van der Waals surface area contributed by atoms with E-state index < -0.39 is 18.5 Å². The first-order valence-corrected chi connectivity index (χ1v) is 6.19. The molecular weight excluding hydrogens is 311 g/mol. The summed E-state index contributed by atoms with van der Waals surface area (Å²) in [6.45, 7) is 0. The maximum absolute atomic E-state index is 12.2. The van der Waals surface area contributed by atoms with Crippen LogP contribution in [0.15, 0.2) is 18.2 Å². The Morgan fingerprint density at radius 1 is 1.33 bits per heavy atom. The van der Waals surface area contributed by atoms with Gasteiger partial charge in [0.05, 0.1) is 19.3 Å². The summed E-state index contributed by atoms with van der Waals surface area (Å²) in [5.41, 5.74) is 6.22. The van der Waals surface area contributed by atoms with E-state index in [0.717, 1.165) is 25.0 Å². The van der Waals surface area contributed by atoms with Gasteiger partial charge in [0.2, 0.25) is 0 Å². The number of ether oxygens (including phenoxy) is 2. The highest BCUT2D eigenvalue weighted by Gasteiger charge is 2.36. The Morgan fingerprint density at radius 2 is 1.95 bits per heavy atom. The molecule has 1 aromatic carbocycles. The molecule has 1 aliphatic carbocycles. The van der Waals surface area contributed by atoms with Crippen LogP contribution in [0.4, 0.5) is 13.2 Å². The molecule has 1 saturated carbocycles. The molecule has 1 fully saturated rings. The fourth-order valence-electron chi connectivity index (χ4n) is 2.08. The molecule has 2 rings (SSSR count). The van der Waals surface area contributed by atoms with Crippen molar-refractivity contribution in [3.05, 3.63) is 23.8 Å². The maximum Gasteiger partial charge on any atom is 0.573 e. The van der Waals surface area contributed by atoms with Crippen LogP contribution in [0.2, 0.25) is 0 Å². The van der Waals surface area contributed by atoms with Gasteiger partial charge in [0.1, 0.15) is 11.5 Å². The van der Waals surface area contributed by atoms with Crippen LogP contribution >= 0.6 is 12.4 Å². The summed E-state index contributed by atoms with van der Waals surface area (Å²) >= 11 is 0. The van der Waals surface area contributed by atoms with Gasteiger partial charge in [0.15, 0.2) is 0 Å². The molecule has 8 heteroatoms. The second-order valence-corrected chi connectivity index (χ2v) is 4.81. The highest BCUT2D eigenvalue weighted by molar-refractivity contribution is 5.85. The van der Waals surface area contributed by atoms with Gasteiger partial charge in [-0.3, -0.25) is 0 Å². The zero-order valence-corrected chi connectivity index (χ0v) is 12.1. The topological polar surface area (TPSA) is 64.7 Å². The first-order chi connectivity index (χ1) is 9.31. The second-order valence-electron chi connectivity index (χ2n) is 4.81. The SMILES string of the molecule is COc1ccc(OC(F)(F)F)cc1[C@H](N)[C@H](O)C1CC1.Cl. The third kappa shape index (κ3) is 4.66. The molecule has 0 spiro atoms. The summed E-state index contributed by atoms with van der Waals surface area (Å²) in [5.74, 6) is 0.0420. The predicted molar refractivity (Wildman–Crippen MR) is 72.6 cm³/mol. The number of aliphatic hydroxyl groups excluding tert-OH is 1. The van der Waals surface area contributed by atoms with Gasteiger partial charge < -0.3 is 20.3 Å². The highest BCUT2D eigenvalue weighted by atomic mass is 35.5. The minimum atomic E-state index is -4.77. The fraction of sp³-hybridized carbons (Fsp3) is 0.538. The van der Waals surface area contributed by atoms with Crippen molar-refractivity contribution < 1.29 is 27.8 Å². The van der Waals surface area contributed by atoms with Gasteiger partial charge in [-0.15, -0.1) is 25.6 Å². The van der Waals surface area contributed by atoms with Crippen LogP contribution in [0.1, 0.15) is 24.4 Å². The van der Waals surface area contributed by atoms with Crippen molar-refractivity contribution in [2.75, 3.05) is 7.11 Å². The van der Waals surface area contributed by atoms with E-state index in [4.69, 9.17) is 10.5 Å². The molecule has 4 nitrogen and oxygen atoms in total. The number of nitrogens with two attached hydrogens (primary N) is 1. The molecule has 21 heavy (non-hydrogen) atoms. The molecule has 1 aromatic rings. The number of hydrogen-bond acceptors (Lipinski definition) is 4. The molecule has 0 heterocycles. The molecule has 0 saturated heterocycles. The Labute approximate surface area is 126 Å². The molecule has 0 unspecified atom stereocenters. The average Bonchev–Trinajstić information content (AvgIpc) is 3.19. The van der Waals surface area contributed by atoms with Gasteiger partial charge in [-0.2, -0.15) is 0 Å². The first kappa shape index (κ1) is 17.9. The van der Waals surface area contributed by atoms with Crippen molar-refractivity contribution in [3.63, 3.8) is 0 Å². The largest absolute Gasteiger partial charge is 0.573 e. The number of rotatable bonds is 5. The molecule has 3 N–H and O–H groups in total. The summed E-state index contributed by atoms with van der Waals surface area (Å²) in [5, 5.41) is 10.0. The summed E-state index contributed by atoms with van der Waals surface area (Å²) in [6.07, 6.45) is -3.83. The maximum atomic E-state index is 12.2. The van der Waals surface area contributed by atoms with Crippen LogP contribution in [-0.2, 0) is 0 Å². The molecule has 0 aliphatic heterocycles. The van der Waals surface area contributed by atoms with Gasteiger partial charge in [-0.1, -0.05) is 0 Å². The number of halogens is 4. The van der Waals surface area contributed by atoms with E-state index in [1.165, 1.54) is 13.2 Å². The van der Waals surface area contributed by atoms with Crippen molar-refractivity contribution in [3.8, 4) is 11.5 Å². The first-order valence-electron chi connectivity index (χ1n) is 6.19. The molecule has 120 valence electrons. The lowest BCUT2D eigenvalue weighted by Gasteiger charge is -2.22. The Bertz CT molecular complexity index is 480. The lowest BCUT2D eigenvalue weighted by atomic mass is 9.98. The van der Waals surface area contributed by atoms with Gasteiger partial charge >= 0.3 is 6.36 Å². The smallest absolute Gasteiger partial charge is 0.496 e. The van der Waals surface area contributed by atoms with Crippen molar-refractivity contribution in [1.29, 1.82) is 0 Å². The predicted octanol–water partition coefficient (Wildman–Crippen LogP) is 2.79. The van der Waals surface area contributed by atoms with Crippen LogP contribution < -0.4 is 15.2 Å². The lowest BCUT2D eigenvalue weighted by Crippen LogP contribution is -2.28. The third-order valence-electron chi connectivity index (χ3n) is 3.27. The Hall–Kier alpha value is -1.18. The average molecular weight is 328 g/mol. The van der Waals surface area contributed by atoms with Crippen LogP contribution in [-0.4, -0.2) is 24.7 Å². The number of benzene rings is 1. The summed E-state index contributed by atoms with van der Waals surface area (Å²) in [7, 11) is 1.39. The molecule has 1 aliphatic rings. The second kappa shape index (κ2) is 6.72. The number of alkyl halides is 3. The molecule has 0 amide bonds. The van der Waals surface area contributed by atoms with Gasteiger partial charge in [-0.25, -0.2) is 0 Å². The summed E-state index contributed by atoms with van der Waals surface area (Å²) < 4.78 is 45.6. The quantitative estimate of drug-likeness (QED) is 0.873. The van der Waals surface area contributed by atoms with Crippen molar-refractivity contribution in [1.82, 2.24) is 0 Å². The van der Waals surface area contributed by atoms with Crippen molar-refractivity contribution >= 4 is 12.4 Å². The zero-order valence-electron chi connectivity index (χ0n) is 11.3. The van der Waals surface area contributed by atoms with Gasteiger partial charge in [0.25, 0.3) is 0 Å². The molecular formula is C13H17ClF3NO3.